The van der Waals surface area contributed by atoms with Gasteiger partial charge in [-0.3, -0.25) is 0 Å². The molecule has 0 fully saturated rings. The van der Waals surface area contributed by atoms with E-state index in [0.717, 1.165) is 25.7 Å². The molecule has 0 aromatic heterocycles. The predicted octanol–water partition coefficient (Wildman–Crippen LogP) is 12.3. The molecule has 0 heteroatoms. The van der Waals surface area contributed by atoms with E-state index in [1.165, 1.54) is 99.4 Å². The third kappa shape index (κ3) is 4.37. The van der Waals surface area contributed by atoms with Crippen molar-refractivity contribution in [2.24, 2.45) is 0 Å². The number of benzene rings is 8. The topological polar surface area (TPSA) is 0 Å². The highest BCUT2D eigenvalue weighted by Gasteiger charge is 2.26. The lowest BCUT2D eigenvalue weighted by atomic mass is 9.84. The highest BCUT2D eigenvalue weighted by molar-refractivity contribution is 5.91. The Kier molecular flexibility index (Phi) is 6.24. The van der Waals surface area contributed by atoms with Gasteiger partial charge in [-0.25, -0.2) is 0 Å². The summed E-state index contributed by atoms with van der Waals surface area (Å²) < 4.78 is 0. The van der Waals surface area contributed by atoms with Gasteiger partial charge < -0.3 is 0 Å². The molecule has 0 bridgehead atoms. The van der Waals surface area contributed by atoms with Crippen LogP contribution in [-0.2, 0) is 25.7 Å². The van der Waals surface area contributed by atoms with Crippen molar-refractivity contribution in [2.75, 3.05) is 0 Å². The molecule has 0 saturated heterocycles. The minimum absolute atomic E-state index is 0.993. The molecule has 0 radical (unpaired) electrons. The summed E-state index contributed by atoms with van der Waals surface area (Å²) in [5.41, 5.74) is 19.9. The average molecular weight is 611 g/mol. The van der Waals surface area contributed by atoms with Crippen LogP contribution in [0.15, 0.2) is 158 Å². The lowest BCUT2D eigenvalue weighted by molar-refractivity contribution is 0.933. The first-order valence-electron chi connectivity index (χ1n) is 17.2. The molecule has 0 spiro atoms. The Morgan fingerprint density at radius 1 is 0.312 bits per heavy atom. The zero-order valence-electron chi connectivity index (χ0n) is 26.8. The van der Waals surface area contributed by atoms with Crippen molar-refractivity contribution in [3.63, 3.8) is 0 Å². The Bertz CT molecular complexity index is 2380. The van der Waals surface area contributed by atoms with Crippen molar-refractivity contribution in [3.8, 4) is 44.5 Å². The van der Waals surface area contributed by atoms with Crippen LogP contribution in [-0.4, -0.2) is 0 Å². The summed E-state index contributed by atoms with van der Waals surface area (Å²) in [6.07, 6.45) is 3.98. The zero-order chi connectivity index (χ0) is 31.6. The van der Waals surface area contributed by atoms with E-state index in [9.17, 15) is 0 Å². The first-order valence-corrected chi connectivity index (χ1v) is 17.2. The largest absolute Gasteiger partial charge is 0.0619 e. The predicted molar refractivity (Wildman–Crippen MR) is 203 cm³/mol. The first kappa shape index (κ1) is 27.4. The van der Waals surface area contributed by atoms with Crippen LogP contribution < -0.4 is 0 Å². The van der Waals surface area contributed by atoms with Crippen LogP contribution in [0.4, 0.5) is 0 Å². The molecule has 226 valence electrons. The molecule has 0 saturated carbocycles. The van der Waals surface area contributed by atoms with Gasteiger partial charge in [0.05, 0.1) is 0 Å². The maximum absolute atomic E-state index is 2.40. The molecule has 0 amide bonds. The molecule has 48 heavy (non-hydrogen) atoms. The fourth-order valence-electron chi connectivity index (χ4n) is 8.63. The molecular weight excluding hydrogens is 577 g/mol. The first-order chi connectivity index (χ1) is 23.8. The second-order valence-corrected chi connectivity index (χ2v) is 13.5. The molecule has 8 aromatic carbocycles. The molecule has 0 nitrogen and oxygen atoms in total. The van der Waals surface area contributed by atoms with Crippen LogP contribution >= 0.6 is 0 Å². The van der Waals surface area contributed by atoms with E-state index in [1.54, 1.807) is 0 Å². The quantitative estimate of drug-likeness (QED) is 0.182. The fraction of sp³-hybridized carbons (Fsp3) is 0.0833. The van der Waals surface area contributed by atoms with Gasteiger partial charge in [-0.15, -0.1) is 0 Å². The van der Waals surface area contributed by atoms with Gasteiger partial charge in [0.15, 0.2) is 0 Å². The molecule has 0 atom stereocenters. The Labute approximate surface area is 282 Å². The Hall–Kier alpha value is -5.72. The van der Waals surface area contributed by atoms with Crippen LogP contribution in [0.25, 0.3) is 66.1 Å². The van der Waals surface area contributed by atoms with Gasteiger partial charge >= 0.3 is 0 Å². The molecule has 0 heterocycles. The molecule has 0 N–H and O–H groups in total. The van der Waals surface area contributed by atoms with Gasteiger partial charge in [-0.1, -0.05) is 146 Å². The Morgan fingerprint density at radius 2 is 0.708 bits per heavy atom. The molecule has 2 aliphatic rings. The lowest BCUT2D eigenvalue weighted by Gasteiger charge is -2.19. The van der Waals surface area contributed by atoms with E-state index in [4.69, 9.17) is 0 Å². The normalized spacial score (nSPS) is 12.6. The van der Waals surface area contributed by atoms with Gasteiger partial charge in [-0.2, -0.15) is 0 Å². The second-order valence-electron chi connectivity index (χ2n) is 13.5. The molecular formula is C48H34. The van der Waals surface area contributed by atoms with Crippen LogP contribution in [0, 0.1) is 0 Å². The van der Waals surface area contributed by atoms with E-state index < -0.39 is 0 Å². The van der Waals surface area contributed by atoms with Gasteiger partial charge in [-0.05, 0) is 137 Å². The molecule has 10 rings (SSSR count). The average Bonchev–Trinajstić information content (AvgIpc) is 3.72. The minimum Gasteiger partial charge on any atom is -0.0619 e. The summed E-state index contributed by atoms with van der Waals surface area (Å²) in [6.45, 7) is 0. The maximum Gasteiger partial charge on any atom is -0.00105 e. The van der Waals surface area contributed by atoms with E-state index in [2.05, 4.69) is 158 Å². The summed E-state index contributed by atoms with van der Waals surface area (Å²) >= 11 is 0. The Balaban J connectivity index is 1.14. The van der Waals surface area contributed by atoms with Crippen LogP contribution in [0.3, 0.4) is 0 Å². The fourth-order valence-corrected chi connectivity index (χ4v) is 8.63. The molecule has 2 aliphatic carbocycles. The summed E-state index contributed by atoms with van der Waals surface area (Å²) in [6, 6.07) is 59.0. The number of hydrogen-bond acceptors (Lipinski definition) is 0. The van der Waals surface area contributed by atoms with Crippen molar-refractivity contribution in [3.05, 3.63) is 191 Å². The summed E-state index contributed by atoms with van der Waals surface area (Å²) in [7, 11) is 0. The van der Waals surface area contributed by atoms with Gasteiger partial charge in [0.2, 0.25) is 0 Å². The minimum atomic E-state index is 0.993. The third-order valence-electron chi connectivity index (χ3n) is 11.0. The van der Waals surface area contributed by atoms with E-state index >= 15 is 0 Å². The van der Waals surface area contributed by atoms with Crippen molar-refractivity contribution in [1.82, 2.24) is 0 Å². The van der Waals surface area contributed by atoms with E-state index in [1.807, 2.05) is 0 Å². The number of rotatable bonds is 5. The van der Waals surface area contributed by atoms with Crippen LogP contribution in [0.2, 0.25) is 0 Å². The number of hydrogen-bond donors (Lipinski definition) is 0. The van der Waals surface area contributed by atoms with Gasteiger partial charge in [0, 0.05) is 0 Å². The highest BCUT2D eigenvalue weighted by Crippen LogP contribution is 2.45. The van der Waals surface area contributed by atoms with Gasteiger partial charge in [0.1, 0.15) is 0 Å². The van der Waals surface area contributed by atoms with E-state index in [-0.39, 0.29) is 0 Å². The highest BCUT2D eigenvalue weighted by atomic mass is 14.3. The van der Waals surface area contributed by atoms with Crippen molar-refractivity contribution >= 4 is 21.5 Å². The van der Waals surface area contributed by atoms with Crippen LogP contribution in [0.5, 0.6) is 0 Å². The molecule has 0 aliphatic heterocycles. The Morgan fingerprint density at radius 3 is 1.19 bits per heavy atom. The summed E-state index contributed by atoms with van der Waals surface area (Å²) in [5, 5.41) is 5.16. The second kappa shape index (κ2) is 10.9. The molecule has 0 unspecified atom stereocenters. The molecule has 8 aromatic rings. The number of fused-ring (bicyclic) bond motifs is 8. The maximum atomic E-state index is 2.40. The van der Waals surface area contributed by atoms with Gasteiger partial charge in [0.25, 0.3) is 0 Å². The third-order valence-corrected chi connectivity index (χ3v) is 11.0. The standard InChI is InChI=1S/C48H34/c1-3-11-33-27-37(19-17-31(33)9-1)41-21-23-43-39-15-7-5-13-35(39)29-47(43)45(41)25-26-46-42(38-20-18-32-10-2-4-12-34(32)28-38)22-24-44-40-16-8-6-14-36(40)30-48(44)46/h1-24,27-28H,25-26,29-30H2. The van der Waals surface area contributed by atoms with E-state index in [0.29, 0.717) is 0 Å². The summed E-state index contributed by atoms with van der Waals surface area (Å²) in [5.74, 6) is 0. The van der Waals surface area contributed by atoms with Crippen molar-refractivity contribution in [2.45, 2.75) is 25.7 Å². The lowest BCUT2D eigenvalue weighted by Crippen LogP contribution is -2.04. The zero-order valence-corrected chi connectivity index (χ0v) is 26.8. The van der Waals surface area contributed by atoms with Crippen molar-refractivity contribution in [1.29, 1.82) is 0 Å². The van der Waals surface area contributed by atoms with Crippen molar-refractivity contribution < 1.29 is 0 Å². The SMILES string of the molecule is c1ccc2c(c1)Cc1c-2ccc(-c2ccc3ccccc3c2)c1CCc1c(-c2ccc3ccccc3c2)ccc2c1Cc1ccccc1-2. The smallest absolute Gasteiger partial charge is 0.00105 e. The monoisotopic (exact) mass is 610 g/mol. The van der Waals surface area contributed by atoms with Crippen LogP contribution in [0.1, 0.15) is 33.4 Å². The summed E-state index contributed by atoms with van der Waals surface area (Å²) in [4.78, 5) is 0.